The fourth-order valence-electron chi connectivity index (χ4n) is 12.0. The SMILES string of the molecule is CC1C=CC=C2C=Cc3c(c4cc(N5c6ccccc6Oc6c5ccc5c6-c6ccccc6C56c5ccccc5N(c5ccccc5)c5ccccc56)ccc4n3-c3ccccc3)C21. The zero-order valence-electron chi connectivity index (χ0n) is 35.2. The van der Waals surface area contributed by atoms with E-state index in [4.69, 9.17) is 4.74 Å². The molecule has 0 saturated carbocycles. The van der Waals surface area contributed by atoms with Crippen molar-refractivity contribution in [3.8, 4) is 28.3 Å². The van der Waals surface area contributed by atoms with Gasteiger partial charge in [-0.15, -0.1) is 0 Å². The molecule has 8 aromatic carbocycles. The Balaban J connectivity index is 1.02. The second kappa shape index (κ2) is 13.2. The number of benzene rings is 8. The van der Waals surface area contributed by atoms with Gasteiger partial charge in [-0.2, -0.15) is 0 Å². The van der Waals surface area contributed by atoms with Crippen LogP contribution in [0.4, 0.5) is 34.1 Å². The molecule has 64 heavy (non-hydrogen) atoms. The van der Waals surface area contributed by atoms with Crippen LogP contribution in [0.2, 0.25) is 0 Å². The van der Waals surface area contributed by atoms with E-state index in [9.17, 15) is 0 Å². The molecule has 2 unspecified atom stereocenters. The number of para-hydroxylation sites is 6. The van der Waals surface area contributed by atoms with Gasteiger partial charge in [-0.25, -0.2) is 0 Å². The molecule has 0 saturated heterocycles. The van der Waals surface area contributed by atoms with Gasteiger partial charge in [0.15, 0.2) is 11.5 Å². The third-order valence-corrected chi connectivity index (χ3v) is 14.4. The molecule has 0 fully saturated rings. The monoisotopic (exact) mass is 819 g/mol. The van der Waals surface area contributed by atoms with E-state index in [1.165, 1.54) is 72.6 Å². The summed E-state index contributed by atoms with van der Waals surface area (Å²) in [6.07, 6.45) is 11.5. The molecule has 302 valence electrons. The minimum absolute atomic E-state index is 0.256. The summed E-state index contributed by atoms with van der Waals surface area (Å²) in [5.41, 5.74) is 19.8. The van der Waals surface area contributed by atoms with Gasteiger partial charge in [0.2, 0.25) is 0 Å². The lowest BCUT2D eigenvalue weighted by Gasteiger charge is -2.45. The Labute approximate surface area is 372 Å². The molecule has 0 N–H and O–H groups in total. The number of allylic oxidation sites excluding steroid dienone is 5. The molecule has 1 spiro atoms. The molecule has 2 aliphatic heterocycles. The van der Waals surface area contributed by atoms with E-state index in [-0.39, 0.29) is 5.92 Å². The summed E-state index contributed by atoms with van der Waals surface area (Å²) in [7, 11) is 0. The molecule has 3 heterocycles. The smallest absolute Gasteiger partial charge is 0.159 e. The molecule has 0 radical (unpaired) electrons. The molecule has 4 nitrogen and oxygen atoms in total. The lowest BCUT2D eigenvalue weighted by Crippen LogP contribution is -2.36. The number of hydrogen-bond acceptors (Lipinski definition) is 3. The third-order valence-electron chi connectivity index (χ3n) is 14.4. The zero-order valence-corrected chi connectivity index (χ0v) is 35.2. The van der Waals surface area contributed by atoms with Gasteiger partial charge in [-0.3, -0.25) is 0 Å². The highest BCUT2D eigenvalue weighted by atomic mass is 16.5. The number of aromatic nitrogens is 1. The van der Waals surface area contributed by atoms with Crippen molar-refractivity contribution >= 4 is 51.1 Å². The lowest BCUT2D eigenvalue weighted by atomic mass is 9.64. The molecule has 5 aliphatic rings. The van der Waals surface area contributed by atoms with Crippen LogP contribution in [0.3, 0.4) is 0 Å². The number of fused-ring (bicyclic) bond motifs is 17. The second-order valence-electron chi connectivity index (χ2n) is 17.6. The summed E-state index contributed by atoms with van der Waals surface area (Å²) < 4.78 is 9.73. The minimum atomic E-state index is -0.590. The van der Waals surface area contributed by atoms with Gasteiger partial charge < -0.3 is 19.1 Å². The van der Waals surface area contributed by atoms with Crippen LogP contribution in [0.15, 0.2) is 218 Å². The standard InChI is InChI=1S/C60H41N3O/c1-38-17-16-18-39-31-34-53-58(56(38)39)44-37-42(32-35-49(44)61(53)40-19-4-2-5-20-40)63-52-29-14-15-30-55(52)64-59-54(63)36-33-48-57(59)43-23-8-9-24-45(43)60(48)46-25-10-12-27-50(46)62(41-21-6-3-7-22-41)51-28-13-11-26-47(51)60/h2-38,56H,1H3. The summed E-state index contributed by atoms with van der Waals surface area (Å²) >= 11 is 0. The van der Waals surface area contributed by atoms with Crippen molar-refractivity contribution in [2.75, 3.05) is 9.80 Å². The molecule has 4 heteroatoms. The van der Waals surface area contributed by atoms with E-state index < -0.39 is 5.41 Å². The van der Waals surface area contributed by atoms with Crippen LogP contribution in [-0.2, 0) is 5.41 Å². The molecule has 0 amide bonds. The second-order valence-corrected chi connectivity index (χ2v) is 17.6. The van der Waals surface area contributed by atoms with Crippen molar-refractivity contribution in [2.24, 2.45) is 5.92 Å². The third kappa shape index (κ3) is 4.61. The molecule has 14 rings (SSSR count). The van der Waals surface area contributed by atoms with Crippen molar-refractivity contribution in [2.45, 2.75) is 18.3 Å². The van der Waals surface area contributed by atoms with Crippen LogP contribution in [0, 0.1) is 5.92 Å². The summed E-state index contributed by atoms with van der Waals surface area (Å²) in [5.74, 6) is 2.33. The van der Waals surface area contributed by atoms with Crippen LogP contribution in [0.25, 0.3) is 33.8 Å². The topological polar surface area (TPSA) is 20.6 Å². The Morgan fingerprint density at radius 1 is 0.516 bits per heavy atom. The van der Waals surface area contributed by atoms with E-state index in [0.717, 1.165) is 39.8 Å². The van der Waals surface area contributed by atoms with Crippen molar-refractivity contribution in [3.05, 3.63) is 251 Å². The summed E-state index contributed by atoms with van der Waals surface area (Å²) in [6, 6.07) is 68.9. The molecule has 3 aliphatic carbocycles. The van der Waals surface area contributed by atoms with Crippen LogP contribution in [0.5, 0.6) is 11.5 Å². The summed E-state index contributed by atoms with van der Waals surface area (Å²) in [4.78, 5) is 4.87. The maximum atomic E-state index is 7.27. The Kier molecular flexibility index (Phi) is 7.33. The van der Waals surface area contributed by atoms with Gasteiger partial charge in [0.25, 0.3) is 0 Å². The van der Waals surface area contributed by atoms with E-state index in [0.29, 0.717) is 5.92 Å². The van der Waals surface area contributed by atoms with E-state index in [1.807, 2.05) is 0 Å². The fourth-order valence-corrected chi connectivity index (χ4v) is 12.0. The highest BCUT2D eigenvalue weighted by Crippen LogP contribution is 2.67. The van der Waals surface area contributed by atoms with Crippen LogP contribution in [0.1, 0.15) is 46.4 Å². The molecular formula is C60H41N3O. The van der Waals surface area contributed by atoms with Gasteiger partial charge in [0.1, 0.15) is 0 Å². The van der Waals surface area contributed by atoms with E-state index in [1.54, 1.807) is 0 Å². The van der Waals surface area contributed by atoms with Crippen molar-refractivity contribution < 1.29 is 4.74 Å². The summed E-state index contributed by atoms with van der Waals surface area (Å²) in [6.45, 7) is 2.36. The fraction of sp³-hybridized carbons (Fsp3) is 0.0667. The lowest BCUT2D eigenvalue weighted by molar-refractivity contribution is 0.478. The average molecular weight is 820 g/mol. The Bertz CT molecular complexity index is 3470. The number of nitrogens with zero attached hydrogens (tertiary/aromatic N) is 3. The quantitative estimate of drug-likeness (QED) is 0.177. The van der Waals surface area contributed by atoms with E-state index in [2.05, 4.69) is 240 Å². The number of ether oxygens (including phenoxy) is 1. The van der Waals surface area contributed by atoms with Crippen LogP contribution in [-0.4, -0.2) is 4.57 Å². The molecular weight excluding hydrogens is 779 g/mol. The Morgan fingerprint density at radius 2 is 1.16 bits per heavy atom. The van der Waals surface area contributed by atoms with Crippen molar-refractivity contribution in [1.82, 2.24) is 4.57 Å². The highest BCUT2D eigenvalue weighted by molar-refractivity contribution is 6.03. The first-order valence-corrected chi connectivity index (χ1v) is 22.4. The highest BCUT2D eigenvalue weighted by Gasteiger charge is 2.53. The Morgan fingerprint density at radius 3 is 1.92 bits per heavy atom. The molecule has 2 atom stereocenters. The first kappa shape index (κ1) is 35.5. The maximum absolute atomic E-state index is 7.27. The predicted molar refractivity (Wildman–Crippen MR) is 262 cm³/mol. The predicted octanol–water partition coefficient (Wildman–Crippen LogP) is 15.6. The maximum Gasteiger partial charge on any atom is 0.159 e. The zero-order chi connectivity index (χ0) is 42.1. The largest absolute Gasteiger partial charge is 0.452 e. The minimum Gasteiger partial charge on any atom is -0.452 e. The van der Waals surface area contributed by atoms with Crippen molar-refractivity contribution in [1.29, 1.82) is 0 Å². The number of anilines is 6. The average Bonchev–Trinajstić information content (AvgIpc) is 3.85. The van der Waals surface area contributed by atoms with Crippen LogP contribution >= 0.6 is 0 Å². The van der Waals surface area contributed by atoms with Gasteiger partial charge >= 0.3 is 0 Å². The van der Waals surface area contributed by atoms with Crippen molar-refractivity contribution in [3.63, 3.8) is 0 Å². The summed E-state index contributed by atoms with van der Waals surface area (Å²) in [5, 5.41) is 1.27. The number of hydrogen-bond donors (Lipinski definition) is 0. The van der Waals surface area contributed by atoms with Gasteiger partial charge in [0.05, 0.1) is 39.4 Å². The molecule has 9 aromatic rings. The van der Waals surface area contributed by atoms with Gasteiger partial charge in [0, 0.05) is 33.9 Å². The normalized spacial score (nSPS) is 17.6. The Hall–Kier alpha value is -8.08. The van der Waals surface area contributed by atoms with Gasteiger partial charge in [-0.05, 0) is 124 Å². The van der Waals surface area contributed by atoms with Crippen LogP contribution < -0.4 is 14.5 Å². The van der Waals surface area contributed by atoms with E-state index >= 15 is 0 Å². The first-order chi connectivity index (χ1) is 31.7. The number of rotatable bonds is 3. The first-order valence-electron chi connectivity index (χ1n) is 22.4. The molecule has 1 aromatic heterocycles. The van der Waals surface area contributed by atoms with Gasteiger partial charge in [-0.1, -0.05) is 146 Å². The molecule has 0 bridgehead atoms.